The second-order valence-electron chi connectivity index (χ2n) is 2.19. The van der Waals surface area contributed by atoms with Crippen molar-refractivity contribution in [3.63, 3.8) is 0 Å². The molecule has 9 heavy (non-hydrogen) atoms. The van der Waals surface area contributed by atoms with Gasteiger partial charge in [0.2, 0.25) is 0 Å². The lowest BCUT2D eigenvalue weighted by molar-refractivity contribution is 0.569. The van der Waals surface area contributed by atoms with E-state index in [9.17, 15) is 0 Å². The van der Waals surface area contributed by atoms with Crippen LogP contribution in [-0.4, -0.2) is 12.3 Å². The second-order valence-corrected chi connectivity index (χ2v) is 2.19. The highest BCUT2D eigenvalue weighted by Gasteiger charge is 2.00. The maximum Gasteiger partial charge on any atom is 0.0623 e. The predicted octanol–water partition coefficient (Wildman–Crippen LogP) is 1.30. The minimum absolute atomic E-state index is 0.472. The third-order valence-electron chi connectivity index (χ3n) is 1.34. The molecule has 0 radical (unpaired) electrons. The summed E-state index contributed by atoms with van der Waals surface area (Å²) >= 11 is 0. The van der Waals surface area contributed by atoms with Crippen molar-refractivity contribution in [1.82, 2.24) is 5.43 Å². The zero-order valence-corrected chi connectivity index (χ0v) is 5.67. The number of nitrogens with one attached hydrogen (secondary N) is 1. The normalized spacial score (nSPS) is 23.9. The average Bonchev–Trinajstić information content (AvgIpc) is 1.91. The van der Waals surface area contributed by atoms with Crippen LogP contribution in [-0.2, 0) is 0 Å². The maximum absolute atomic E-state index is 3.92. The molecule has 0 saturated heterocycles. The van der Waals surface area contributed by atoms with E-state index in [0.29, 0.717) is 6.04 Å². The van der Waals surface area contributed by atoms with Crippen LogP contribution in [0.25, 0.3) is 0 Å². The number of rotatable bonds is 2. The largest absolute Gasteiger partial charge is 0.303 e. The van der Waals surface area contributed by atoms with Crippen LogP contribution in [0.3, 0.4) is 0 Å². The van der Waals surface area contributed by atoms with E-state index < -0.39 is 0 Å². The fraction of sp³-hybridized carbons (Fsp3) is 0.571. The van der Waals surface area contributed by atoms with E-state index in [1.54, 1.807) is 6.21 Å². The fourth-order valence-corrected chi connectivity index (χ4v) is 0.880. The Morgan fingerprint density at radius 1 is 1.67 bits per heavy atom. The summed E-state index contributed by atoms with van der Waals surface area (Å²) in [6.45, 7) is 2.17. The van der Waals surface area contributed by atoms with Gasteiger partial charge in [-0.1, -0.05) is 19.4 Å². The Morgan fingerprint density at radius 2 is 2.56 bits per heavy atom. The summed E-state index contributed by atoms with van der Waals surface area (Å²) in [5, 5.41) is 3.92. The van der Waals surface area contributed by atoms with Crippen LogP contribution in [0.1, 0.15) is 19.8 Å². The van der Waals surface area contributed by atoms with Crippen molar-refractivity contribution in [1.29, 1.82) is 0 Å². The van der Waals surface area contributed by atoms with Crippen molar-refractivity contribution in [3.8, 4) is 0 Å². The minimum atomic E-state index is 0.472. The zero-order valence-electron chi connectivity index (χ0n) is 5.67. The number of allylic oxidation sites excluding steroid dienone is 1. The summed E-state index contributed by atoms with van der Waals surface area (Å²) in [5.74, 6) is 0. The topological polar surface area (TPSA) is 24.4 Å². The third kappa shape index (κ3) is 1.88. The lowest BCUT2D eigenvalue weighted by Gasteiger charge is -2.12. The molecule has 0 amide bonds. The summed E-state index contributed by atoms with van der Waals surface area (Å²) in [4.78, 5) is 0. The first-order chi connectivity index (χ1) is 4.43. The number of hydrazone groups is 1. The lowest BCUT2D eigenvalue weighted by Crippen LogP contribution is -2.23. The van der Waals surface area contributed by atoms with Crippen LogP contribution in [0.15, 0.2) is 17.3 Å². The highest BCUT2D eigenvalue weighted by Crippen LogP contribution is 1.99. The number of hydrogen-bond donors (Lipinski definition) is 1. The highest BCUT2D eigenvalue weighted by molar-refractivity contribution is 5.71. The van der Waals surface area contributed by atoms with E-state index in [-0.39, 0.29) is 0 Å². The van der Waals surface area contributed by atoms with E-state index in [0.717, 1.165) is 0 Å². The van der Waals surface area contributed by atoms with E-state index in [2.05, 4.69) is 23.5 Å². The summed E-state index contributed by atoms with van der Waals surface area (Å²) < 4.78 is 0. The quantitative estimate of drug-likeness (QED) is 0.589. The van der Waals surface area contributed by atoms with Gasteiger partial charge in [-0.05, 0) is 12.5 Å². The molecule has 0 saturated carbocycles. The Kier molecular flexibility index (Phi) is 2.31. The third-order valence-corrected chi connectivity index (χ3v) is 1.34. The minimum Gasteiger partial charge on any atom is -0.303 e. The summed E-state index contributed by atoms with van der Waals surface area (Å²) in [5.41, 5.74) is 3.00. The molecule has 0 spiro atoms. The van der Waals surface area contributed by atoms with Crippen molar-refractivity contribution < 1.29 is 0 Å². The van der Waals surface area contributed by atoms with Crippen LogP contribution >= 0.6 is 0 Å². The Balaban J connectivity index is 2.28. The smallest absolute Gasteiger partial charge is 0.0623 e. The van der Waals surface area contributed by atoms with Gasteiger partial charge in [-0.15, -0.1) is 0 Å². The van der Waals surface area contributed by atoms with Crippen molar-refractivity contribution in [3.05, 3.63) is 12.2 Å². The first-order valence-corrected chi connectivity index (χ1v) is 3.39. The van der Waals surface area contributed by atoms with Gasteiger partial charge in [0.15, 0.2) is 0 Å². The van der Waals surface area contributed by atoms with E-state index in [4.69, 9.17) is 0 Å². The van der Waals surface area contributed by atoms with Crippen LogP contribution in [0.4, 0.5) is 0 Å². The average molecular weight is 124 g/mol. The molecule has 1 rings (SSSR count). The van der Waals surface area contributed by atoms with Crippen LogP contribution in [0.5, 0.6) is 0 Å². The Labute approximate surface area is 55.6 Å². The van der Waals surface area contributed by atoms with Crippen LogP contribution in [0, 0.1) is 0 Å². The van der Waals surface area contributed by atoms with Crippen LogP contribution < -0.4 is 5.43 Å². The van der Waals surface area contributed by atoms with Gasteiger partial charge in [-0.25, -0.2) is 0 Å². The molecule has 1 aliphatic rings. The van der Waals surface area contributed by atoms with Gasteiger partial charge >= 0.3 is 0 Å². The molecule has 2 heteroatoms. The standard InChI is InChI=1S/C7H12N2/c1-2-4-7-5-3-6-8-9-7/h3,5-7,9H,2,4H2,1H3. The molecule has 2 nitrogen and oxygen atoms in total. The Morgan fingerprint density at radius 3 is 3.11 bits per heavy atom. The van der Waals surface area contributed by atoms with Crippen molar-refractivity contribution >= 4 is 6.21 Å². The van der Waals surface area contributed by atoms with Crippen molar-refractivity contribution in [2.75, 3.05) is 0 Å². The van der Waals surface area contributed by atoms with Crippen molar-refractivity contribution in [2.45, 2.75) is 25.8 Å². The fourth-order valence-electron chi connectivity index (χ4n) is 0.880. The van der Waals surface area contributed by atoms with Gasteiger partial charge in [-0.2, -0.15) is 5.10 Å². The molecule has 1 heterocycles. The van der Waals surface area contributed by atoms with Gasteiger partial charge in [0.25, 0.3) is 0 Å². The summed E-state index contributed by atoms with van der Waals surface area (Å²) in [7, 11) is 0. The molecule has 0 bridgehead atoms. The first kappa shape index (κ1) is 6.33. The molecule has 0 fully saturated rings. The molecule has 50 valence electrons. The molecule has 0 aromatic heterocycles. The van der Waals surface area contributed by atoms with E-state index in [1.165, 1.54) is 12.8 Å². The van der Waals surface area contributed by atoms with E-state index in [1.807, 2.05) is 6.08 Å². The molecule has 1 N–H and O–H groups in total. The van der Waals surface area contributed by atoms with Gasteiger partial charge in [0, 0.05) is 6.21 Å². The van der Waals surface area contributed by atoms with Gasteiger partial charge in [0.05, 0.1) is 6.04 Å². The first-order valence-electron chi connectivity index (χ1n) is 3.39. The molecule has 0 aliphatic carbocycles. The molecule has 1 atom stereocenters. The van der Waals surface area contributed by atoms with Gasteiger partial charge < -0.3 is 5.43 Å². The number of hydrogen-bond acceptors (Lipinski definition) is 2. The second kappa shape index (κ2) is 3.28. The molecular weight excluding hydrogens is 112 g/mol. The summed E-state index contributed by atoms with van der Waals surface area (Å²) in [6.07, 6.45) is 8.27. The summed E-state index contributed by atoms with van der Waals surface area (Å²) in [6, 6.07) is 0.472. The maximum atomic E-state index is 3.92. The molecular formula is C7H12N2. The van der Waals surface area contributed by atoms with Crippen molar-refractivity contribution in [2.24, 2.45) is 5.10 Å². The molecule has 1 aliphatic heterocycles. The van der Waals surface area contributed by atoms with Gasteiger partial charge in [0.1, 0.15) is 0 Å². The van der Waals surface area contributed by atoms with Crippen LogP contribution in [0.2, 0.25) is 0 Å². The lowest BCUT2D eigenvalue weighted by atomic mass is 10.1. The molecule has 0 aromatic carbocycles. The van der Waals surface area contributed by atoms with E-state index >= 15 is 0 Å². The van der Waals surface area contributed by atoms with Gasteiger partial charge in [-0.3, -0.25) is 0 Å². The molecule has 0 aromatic rings. The Hall–Kier alpha value is -0.790. The highest BCUT2D eigenvalue weighted by atomic mass is 15.3. The predicted molar refractivity (Wildman–Crippen MR) is 39.5 cm³/mol. The Bertz CT molecular complexity index is 127. The zero-order chi connectivity index (χ0) is 6.53. The number of nitrogens with zero attached hydrogens (tertiary/aromatic N) is 1. The monoisotopic (exact) mass is 124 g/mol. The molecule has 1 unspecified atom stereocenters. The SMILES string of the molecule is CCCC1C=CC=NN1.